The van der Waals surface area contributed by atoms with Crippen LogP contribution in [0.25, 0.3) is 11.4 Å². The molecule has 6 nitrogen and oxygen atoms in total. The smallest absolute Gasteiger partial charge is 0.230 e. The van der Waals surface area contributed by atoms with Gasteiger partial charge in [-0.3, -0.25) is 9.59 Å². The first-order valence-electron chi connectivity index (χ1n) is 8.86. The fourth-order valence-corrected chi connectivity index (χ4v) is 3.96. The van der Waals surface area contributed by atoms with E-state index in [0.29, 0.717) is 11.6 Å². The Morgan fingerprint density at radius 3 is 2.74 bits per heavy atom. The van der Waals surface area contributed by atoms with Crippen molar-refractivity contribution in [2.75, 3.05) is 16.8 Å². The van der Waals surface area contributed by atoms with E-state index in [2.05, 4.69) is 10.3 Å². The van der Waals surface area contributed by atoms with Crippen molar-refractivity contribution in [2.45, 2.75) is 19.3 Å². The molecule has 0 unspecified atom stereocenters. The lowest BCUT2D eigenvalue weighted by Crippen LogP contribution is -2.23. The zero-order chi connectivity index (χ0) is 18.8. The Hall–Kier alpha value is -2.93. The molecule has 0 radical (unpaired) electrons. The molecule has 2 amide bonds. The van der Waals surface area contributed by atoms with E-state index in [1.807, 2.05) is 59.6 Å². The Morgan fingerprint density at radius 2 is 2.07 bits per heavy atom. The third-order valence-electron chi connectivity index (χ3n) is 4.64. The lowest BCUT2D eigenvalue weighted by molar-refractivity contribution is -0.117. The zero-order valence-corrected chi connectivity index (χ0v) is 15.8. The zero-order valence-electron chi connectivity index (χ0n) is 15.0. The van der Waals surface area contributed by atoms with Gasteiger partial charge < -0.3 is 14.8 Å². The van der Waals surface area contributed by atoms with Crippen molar-refractivity contribution >= 4 is 34.0 Å². The van der Waals surface area contributed by atoms with Gasteiger partial charge in [-0.05, 0) is 36.2 Å². The minimum absolute atomic E-state index is 0.104. The Kier molecular flexibility index (Phi) is 4.77. The number of rotatable bonds is 5. The number of aryl methyl sites for hydroxylation is 1. The number of hydrogen-bond acceptors (Lipinski definition) is 4. The largest absolute Gasteiger partial charge is 0.349 e. The fourth-order valence-electron chi connectivity index (χ4n) is 3.24. The van der Waals surface area contributed by atoms with Crippen LogP contribution in [0.3, 0.4) is 0 Å². The maximum Gasteiger partial charge on any atom is 0.230 e. The van der Waals surface area contributed by atoms with Crippen molar-refractivity contribution in [3.05, 3.63) is 53.5 Å². The predicted molar refractivity (Wildman–Crippen MR) is 107 cm³/mol. The molecular weight excluding hydrogens is 360 g/mol. The summed E-state index contributed by atoms with van der Waals surface area (Å²) in [5, 5.41) is 5.39. The minimum Gasteiger partial charge on any atom is -0.349 e. The molecule has 1 aliphatic rings. The number of nitrogens with zero attached hydrogens (tertiary/aromatic N) is 3. The van der Waals surface area contributed by atoms with Gasteiger partial charge in [-0.2, -0.15) is 0 Å². The molecule has 7 heteroatoms. The van der Waals surface area contributed by atoms with Crippen LogP contribution in [0.2, 0.25) is 0 Å². The van der Waals surface area contributed by atoms with Crippen LogP contribution in [0, 0.1) is 0 Å². The summed E-state index contributed by atoms with van der Waals surface area (Å²) in [6.45, 7) is 0.770. The van der Waals surface area contributed by atoms with E-state index in [1.165, 1.54) is 11.3 Å². The standard InChI is InChI=1S/C20H20N4O2S/c1-23-10-2-4-17(23)16-13-27-20(21-16)22-18(25)12-14-6-8-15(9-7-14)24-11-3-5-19(24)26/h2,4,6-10,13H,3,5,11-12H2,1H3,(H,21,22,25). The van der Waals surface area contributed by atoms with Gasteiger partial charge in [-0.1, -0.05) is 12.1 Å². The summed E-state index contributed by atoms with van der Waals surface area (Å²) in [5.41, 5.74) is 3.66. The number of anilines is 2. The van der Waals surface area contributed by atoms with Crippen LogP contribution in [-0.2, 0) is 23.1 Å². The summed E-state index contributed by atoms with van der Waals surface area (Å²) in [4.78, 5) is 30.4. The average Bonchev–Trinajstić information content (AvgIpc) is 3.37. The molecule has 1 fully saturated rings. The van der Waals surface area contributed by atoms with Gasteiger partial charge in [0, 0.05) is 37.3 Å². The number of nitrogens with one attached hydrogen (secondary N) is 1. The van der Waals surface area contributed by atoms with Crippen LogP contribution < -0.4 is 10.2 Å². The molecule has 1 aromatic carbocycles. The van der Waals surface area contributed by atoms with Crippen LogP contribution >= 0.6 is 11.3 Å². The van der Waals surface area contributed by atoms with Gasteiger partial charge in [-0.15, -0.1) is 11.3 Å². The highest BCUT2D eigenvalue weighted by atomic mass is 32.1. The van der Waals surface area contributed by atoms with Crippen LogP contribution in [0.15, 0.2) is 48.0 Å². The quantitative estimate of drug-likeness (QED) is 0.737. The van der Waals surface area contributed by atoms with Crippen LogP contribution in [-0.4, -0.2) is 27.9 Å². The maximum absolute atomic E-state index is 12.3. The number of aromatic nitrogens is 2. The second-order valence-electron chi connectivity index (χ2n) is 6.58. The van der Waals surface area contributed by atoms with Gasteiger partial charge in [0.1, 0.15) is 0 Å². The lowest BCUT2D eigenvalue weighted by atomic mass is 10.1. The normalized spacial score (nSPS) is 14.0. The first-order valence-corrected chi connectivity index (χ1v) is 9.74. The molecule has 138 valence electrons. The molecule has 0 bridgehead atoms. The highest BCUT2D eigenvalue weighted by Crippen LogP contribution is 2.25. The lowest BCUT2D eigenvalue weighted by Gasteiger charge is -2.15. The monoisotopic (exact) mass is 380 g/mol. The predicted octanol–water partition coefficient (Wildman–Crippen LogP) is 3.46. The molecule has 27 heavy (non-hydrogen) atoms. The Bertz CT molecular complexity index is 974. The molecule has 2 aromatic heterocycles. The van der Waals surface area contributed by atoms with Crippen molar-refractivity contribution < 1.29 is 9.59 Å². The molecule has 1 saturated heterocycles. The average molecular weight is 380 g/mol. The van der Waals surface area contributed by atoms with E-state index in [-0.39, 0.29) is 18.2 Å². The highest BCUT2D eigenvalue weighted by molar-refractivity contribution is 7.14. The minimum atomic E-state index is -0.104. The number of benzene rings is 1. The number of carbonyl (C=O) groups is 2. The number of amides is 2. The molecule has 1 N–H and O–H groups in total. The third kappa shape index (κ3) is 3.78. The highest BCUT2D eigenvalue weighted by Gasteiger charge is 2.21. The summed E-state index contributed by atoms with van der Waals surface area (Å²) in [6, 6.07) is 11.6. The third-order valence-corrected chi connectivity index (χ3v) is 5.40. The topological polar surface area (TPSA) is 67.2 Å². The second-order valence-corrected chi connectivity index (χ2v) is 7.44. The maximum atomic E-state index is 12.3. The fraction of sp³-hybridized carbons (Fsp3) is 0.250. The van der Waals surface area contributed by atoms with E-state index in [1.54, 1.807) is 4.90 Å². The molecule has 4 rings (SSSR count). The van der Waals surface area contributed by atoms with Gasteiger partial charge in [0.25, 0.3) is 0 Å². The molecule has 3 heterocycles. The van der Waals surface area contributed by atoms with Gasteiger partial charge in [0.2, 0.25) is 11.8 Å². The molecular formula is C20H20N4O2S. The molecule has 0 atom stereocenters. The molecule has 0 aliphatic carbocycles. The first-order chi connectivity index (χ1) is 13.1. The van der Waals surface area contributed by atoms with E-state index in [0.717, 1.165) is 35.6 Å². The van der Waals surface area contributed by atoms with E-state index in [9.17, 15) is 9.59 Å². The summed E-state index contributed by atoms with van der Waals surface area (Å²) in [5.74, 6) is 0.0612. The summed E-state index contributed by atoms with van der Waals surface area (Å²) < 4.78 is 1.99. The summed E-state index contributed by atoms with van der Waals surface area (Å²) in [7, 11) is 1.96. The first kappa shape index (κ1) is 17.5. The van der Waals surface area contributed by atoms with Gasteiger partial charge in [0.15, 0.2) is 5.13 Å². The van der Waals surface area contributed by atoms with Gasteiger partial charge in [-0.25, -0.2) is 4.98 Å². The van der Waals surface area contributed by atoms with E-state index >= 15 is 0 Å². The van der Waals surface area contributed by atoms with Crippen molar-refractivity contribution in [1.29, 1.82) is 0 Å². The van der Waals surface area contributed by atoms with Crippen LogP contribution in [0.4, 0.5) is 10.8 Å². The number of hydrogen-bond donors (Lipinski definition) is 1. The second kappa shape index (κ2) is 7.36. The van der Waals surface area contributed by atoms with E-state index in [4.69, 9.17) is 0 Å². The Labute approximate surface area is 161 Å². The Balaban J connectivity index is 1.37. The Morgan fingerprint density at radius 1 is 1.26 bits per heavy atom. The molecule has 0 spiro atoms. The summed E-state index contributed by atoms with van der Waals surface area (Å²) >= 11 is 1.41. The van der Waals surface area contributed by atoms with Crippen LogP contribution in [0.5, 0.6) is 0 Å². The SMILES string of the molecule is Cn1cccc1-c1csc(NC(=O)Cc2ccc(N3CCCC3=O)cc2)n1. The van der Waals surface area contributed by atoms with Gasteiger partial charge in [0.05, 0.1) is 17.8 Å². The van der Waals surface area contributed by atoms with E-state index < -0.39 is 0 Å². The number of thiazole rings is 1. The molecule has 1 aliphatic heterocycles. The number of carbonyl (C=O) groups excluding carboxylic acids is 2. The van der Waals surface area contributed by atoms with Crippen molar-refractivity contribution in [3.63, 3.8) is 0 Å². The van der Waals surface area contributed by atoms with Crippen molar-refractivity contribution in [3.8, 4) is 11.4 Å². The van der Waals surface area contributed by atoms with Crippen molar-refractivity contribution in [2.24, 2.45) is 7.05 Å². The molecule has 0 saturated carbocycles. The van der Waals surface area contributed by atoms with Gasteiger partial charge >= 0.3 is 0 Å². The summed E-state index contributed by atoms with van der Waals surface area (Å²) in [6.07, 6.45) is 3.75. The van der Waals surface area contributed by atoms with Crippen LogP contribution in [0.1, 0.15) is 18.4 Å². The molecule has 3 aromatic rings. The van der Waals surface area contributed by atoms with Crippen molar-refractivity contribution in [1.82, 2.24) is 9.55 Å².